The molecule has 2 aromatic carbocycles. The van der Waals surface area contributed by atoms with Crippen LogP contribution < -0.4 is 15.4 Å². The van der Waals surface area contributed by atoms with E-state index in [-0.39, 0.29) is 12.5 Å². The van der Waals surface area contributed by atoms with E-state index in [0.717, 1.165) is 28.8 Å². The fourth-order valence-electron chi connectivity index (χ4n) is 3.66. The maximum absolute atomic E-state index is 13.0. The summed E-state index contributed by atoms with van der Waals surface area (Å²) in [5.74, 6) is 0.313. The molecule has 0 fully saturated rings. The third-order valence-corrected chi connectivity index (χ3v) is 5.08. The lowest BCUT2D eigenvalue weighted by Gasteiger charge is -2.23. The number of carbonyl (C=O) groups excluding carboxylic acids is 2. The van der Waals surface area contributed by atoms with Crippen molar-refractivity contribution in [3.05, 3.63) is 71.3 Å². The molecule has 0 aromatic heterocycles. The highest BCUT2D eigenvalue weighted by Crippen LogP contribution is 2.29. The van der Waals surface area contributed by atoms with Crippen molar-refractivity contribution in [2.24, 2.45) is 5.73 Å². The minimum absolute atomic E-state index is 0.0814. The van der Waals surface area contributed by atoms with Crippen molar-refractivity contribution in [3.63, 3.8) is 0 Å². The predicted molar refractivity (Wildman–Crippen MR) is 112 cm³/mol. The monoisotopic (exact) mass is 394 g/mol. The van der Waals surface area contributed by atoms with Gasteiger partial charge in [-0.3, -0.25) is 4.79 Å². The molecule has 2 aromatic rings. The van der Waals surface area contributed by atoms with E-state index in [1.165, 1.54) is 11.6 Å². The third-order valence-electron chi connectivity index (χ3n) is 5.08. The Morgan fingerprint density at radius 1 is 1.24 bits per heavy atom. The molecule has 1 aliphatic rings. The average molecular weight is 394 g/mol. The van der Waals surface area contributed by atoms with Crippen LogP contribution in [0.3, 0.4) is 0 Å². The van der Waals surface area contributed by atoms with Crippen LogP contribution in [-0.2, 0) is 22.4 Å². The molecule has 2 N–H and O–H groups in total. The van der Waals surface area contributed by atoms with Gasteiger partial charge in [-0.05, 0) is 67.1 Å². The summed E-state index contributed by atoms with van der Waals surface area (Å²) in [6.07, 6.45) is 1.95. The molecule has 0 spiro atoms. The highest BCUT2D eigenvalue weighted by Gasteiger charge is 2.28. The van der Waals surface area contributed by atoms with Crippen molar-refractivity contribution in [1.82, 2.24) is 0 Å². The van der Waals surface area contributed by atoms with Gasteiger partial charge in [-0.1, -0.05) is 30.9 Å². The summed E-state index contributed by atoms with van der Waals surface area (Å²) in [5, 5.41) is 0. The van der Waals surface area contributed by atoms with E-state index in [0.29, 0.717) is 18.7 Å². The Morgan fingerprint density at radius 3 is 2.62 bits per heavy atom. The van der Waals surface area contributed by atoms with Crippen molar-refractivity contribution in [1.29, 1.82) is 0 Å². The van der Waals surface area contributed by atoms with Gasteiger partial charge >= 0.3 is 6.16 Å². The van der Waals surface area contributed by atoms with Crippen LogP contribution in [0.2, 0.25) is 0 Å². The van der Waals surface area contributed by atoms with Gasteiger partial charge in [-0.15, -0.1) is 0 Å². The van der Waals surface area contributed by atoms with Gasteiger partial charge in [0, 0.05) is 12.2 Å². The highest BCUT2D eigenvalue weighted by atomic mass is 16.7. The van der Waals surface area contributed by atoms with Crippen LogP contribution in [-0.4, -0.2) is 31.3 Å². The molecule has 0 saturated carbocycles. The van der Waals surface area contributed by atoms with Crippen molar-refractivity contribution < 1.29 is 19.1 Å². The molecule has 0 aliphatic carbocycles. The van der Waals surface area contributed by atoms with E-state index in [2.05, 4.69) is 6.58 Å². The molecule has 1 heterocycles. The first-order chi connectivity index (χ1) is 13.9. The number of hydrogen-bond acceptors (Lipinski definition) is 5. The molecule has 3 rings (SSSR count). The molecule has 0 bridgehead atoms. The largest absolute Gasteiger partial charge is 0.514 e. The zero-order valence-electron chi connectivity index (χ0n) is 16.8. The molecule has 1 amide bonds. The van der Waals surface area contributed by atoms with E-state index >= 15 is 0 Å². The molecular formula is C23H26N2O4. The van der Waals surface area contributed by atoms with Crippen LogP contribution in [0.5, 0.6) is 5.75 Å². The summed E-state index contributed by atoms with van der Waals surface area (Å²) >= 11 is 0. The number of rotatable bonds is 6. The molecule has 0 radical (unpaired) electrons. The number of nitrogens with two attached hydrogens (primary N) is 1. The standard InChI is InChI=1S/C23H26N2O4/c1-4-11-28-23(27)29-18-12-15(2)19(16(3)13-18)14-20(24)22(26)25-10-9-17-7-5-6-8-21(17)25/h4-8,12-13,20H,1,9-11,14,24H2,2-3H3. The van der Waals surface area contributed by atoms with Gasteiger partial charge in [0.15, 0.2) is 0 Å². The van der Waals surface area contributed by atoms with Gasteiger partial charge in [0.1, 0.15) is 12.4 Å². The van der Waals surface area contributed by atoms with Crippen LogP contribution >= 0.6 is 0 Å². The minimum atomic E-state index is -0.781. The first-order valence-corrected chi connectivity index (χ1v) is 9.61. The van der Waals surface area contributed by atoms with Gasteiger partial charge in [0.05, 0.1) is 6.04 Å². The number of para-hydroxylation sites is 1. The second-order valence-corrected chi connectivity index (χ2v) is 7.17. The Hall–Kier alpha value is -3.12. The molecule has 29 heavy (non-hydrogen) atoms. The summed E-state index contributed by atoms with van der Waals surface area (Å²) in [4.78, 5) is 26.4. The predicted octanol–water partition coefficient (Wildman–Crippen LogP) is 3.46. The summed E-state index contributed by atoms with van der Waals surface area (Å²) in [5.41, 5.74) is 11.2. The van der Waals surface area contributed by atoms with Gasteiger partial charge < -0.3 is 20.1 Å². The molecule has 1 unspecified atom stereocenters. The van der Waals surface area contributed by atoms with Crippen molar-refractivity contribution in [3.8, 4) is 5.75 Å². The van der Waals surface area contributed by atoms with E-state index in [1.807, 2.05) is 38.1 Å². The molecule has 6 heteroatoms. The van der Waals surface area contributed by atoms with Crippen LogP contribution in [0.4, 0.5) is 10.5 Å². The van der Waals surface area contributed by atoms with E-state index in [9.17, 15) is 9.59 Å². The lowest BCUT2D eigenvalue weighted by atomic mass is 9.95. The van der Waals surface area contributed by atoms with Crippen LogP contribution in [0, 0.1) is 13.8 Å². The molecule has 152 valence electrons. The van der Waals surface area contributed by atoms with Gasteiger partial charge in [-0.25, -0.2) is 4.79 Å². The Balaban J connectivity index is 1.70. The Bertz CT molecular complexity index is 915. The summed E-state index contributed by atoms with van der Waals surface area (Å²) < 4.78 is 10.0. The molecule has 1 atom stereocenters. The number of carbonyl (C=O) groups is 2. The number of nitrogens with zero attached hydrogens (tertiary/aromatic N) is 1. The second kappa shape index (κ2) is 8.92. The van der Waals surface area contributed by atoms with E-state index in [4.69, 9.17) is 15.2 Å². The SMILES string of the molecule is C=CCOC(=O)Oc1cc(C)c(CC(N)C(=O)N2CCc3ccccc32)c(C)c1. The summed E-state index contributed by atoms with van der Waals surface area (Å²) in [7, 11) is 0. The Labute approximate surface area is 170 Å². The molecule has 1 aliphatic heterocycles. The van der Waals surface area contributed by atoms with Gasteiger partial charge in [0.25, 0.3) is 0 Å². The fraction of sp³-hybridized carbons (Fsp3) is 0.304. The number of benzene rings is 2. The Morgan fingerprint density at radius 2 is 1.93 bits per heavy atom. The van der Waals surface area contributed by atoms with Gasteiger partial charge in [-0.2, -0.15) is 0 Å². The van der Waals surface area contributed by atoms with Crippen LogP contribution in [0.15, 0.2) is 49.1 Å². The average Bonchev–Trinajstić information content (AvgIpc) is 3.12. The normalized spacial score (nSPS) is 13.6. The third kappa shape index (κ3) is 4.66. The zero-order chi connectivity index (χ0) is 21.0. The molecule has 6 nitrogen and oxygen atoms in total. The first kappa shape index (κ1) is 20.6. The fourth-order valence-corrected chi connectivity index (χ4v) is 3.66. The molecule has 0 saturated heterocycles. The first-order valence-electron chi connectivity index (χ1n) is 9.61. The van der Waals surface area contributed by atoms with E-state index < -0.39 is 12.2 Å². The summed E-state index contributed by atoms with van der Waals surface area (Å²) in [6.45, 7) is 8.05. The lowest BCUT2D eigenvalue weighted by Crippen LogP contribution is -2.44. The number of aryl methyl sites for hydroxylation is 2. The van der Waals surface area contributed by atoms with Crippen LogP contribution in [0.1, 0.15) is 22.3 Å². The zero-order valence-corrected chi connectivity index (χ0v) is 16.8. The maximum Gasteiger partial charge on any atom is 0.514 e. The smallest absolute Gasteiger partial charge is 0.430 e. The number of anilines is 1. The number of ether oxygens (including phenoxy) is 2. The van der Waals surface area contributed by atoms with E-state index in [1.54, 1.807) is 17.0 Å². The second-order valence-electron chi connectivity index (χ2n) is 7.17. The quantitative estimate of drug-likeness (QED) is 0.461. The topological polar surface area (TPSA) is 81.9 Å². The molecular weight excluding hydrogens is 368 g/mol. The highest BCUT2D eigenvalue weighted by molar-refractivity contribution is 5.99. The lowest BCUT2D eigenvalue weighted by molar-refractivity contribution is -0.119. The van der Waals surface area contributed by atoms with Crippen LogP contribution in [0.25, 0.3) is 0 Å². The number of amides is 1. The number of fused-ring (bicyclic) bond motifs is 1. The van der Waals surface area contributed by atoms with Crippen molar-refractivity contribution >= 4 is 17.7 Å². The van der Waals surface area contributed by atoms with Crippen molar-refractivity contribution in [2.45, 2.75) is 32.7 Å². The van der Waals surface area contributed by atoms with Gasteiger partial charge in [0.2, 0.25) is 5.91 Å². The Kier molecular flexibility index (Phi) is 6.34. The minimum Gasteiger partial charge on any atom is -0.430 e. The maximum atomic E-state index is 13.0. The van der Waals surface area contributed by atoms with Crippen molar-refractivity contribution in [2.75, 3.05) is 18.1 Å². The number of hydrogen-bond donors (Lipinski definition) is 1. The summed E-state index contributed by atoms with van der Waals surface area (Å²) in [6, 6.07) is 10.8.